The first-order valence-corrected chi connectivity index (χ1v) is 9.50. The highest BCUT2D eigenvalue weighted by atomic mass is 19.1. The molecular weight excluding hydrogens is 377 g/mol. The van der Waals surface area contributed by atoms with E-state index in [0.29, 0.717) is 49.3 Å². The Labute approximate surface area is 167 Å². The summed E-state index contributed by atoms with van der Waals surface area (Å²) in [6, 6.07) is 7.64. The first kappa shape index (κ1) is 19.1. The van der Waals surface area contributed by atoms with Crippen molar-refractivity contribution in [2.24, 2.45) is 7.05 Å². The molecule has 0 radical (unpaired) electrons. The molecule has 0 N–H and O–H groups in total. The van der Waals surface area contributed by atoms with Gasteiger partial charge in [0.15, 0.2) is 11.5 Å². The van der Waals surface area contributed by atoms with Crippen LogP contribution in [0.4, 0.5) is 4.39 Å². The highest BCUT2D eigenvalue weighted by molar-refractivity contribution is 5.92. The Morgan fingerprint density at radius 2 is 2.14 bits per heavy atom. The summed E-state index contributed by atoms with van der Waals surface area (Å²) >= 11 is 0. The summed E-state index contributed by atoms with van der Waals surface area (Å²) in [7, 11) is 1.82. The van der Waals surface area contributed by atoms with Crippen LogP contribution in [0.1, 0.15) is 40.2 Å². The molecule has 1 amide bonds. The molecule has 1 unspecified atom stereocenters. The van der Waals surface area contributed by atoms with Crippen molar-refractivity contribution in [1.82, 2.24) is 24.8 Å². The number of likely N-dealkylation sites (tertiary alicyclic amines) is 1. The maximum absolute atomic E-state index is 12.9. The van der Waals surface area contributed by atoms with Gasteiger partial charge in [-0.2, -0.15) is 10.1 Å². The van der Waals surface area contributed by atoms with Gasteiger partial charge in [0.1, 0.15) is 11.6 Å². The highest BCUT2D eigenvalue weighted by Crippen LogP contribution is 2.27. The molecule has 4 rings (SSSR count). The standard InChI is InChI=1S/C20H22FN5O3/c1-13-11-17(23-25(13)2)20(27)26-9-7-14(12-26)19-22-18(24-29-19)8-10-28-16-5-3-15(21)4-6-16/h3-6,11,14H,7-10,12H2,1-2H3. The molecule has 1 saturated heterocycles. The lowest BCUT2D eigenvalue weighted by molar-refractivity contribution is 0.0783. The van der Waals surface area contributed by atoms with E-state index in [-0.39, 0.29) is 17.6 Å². The number of carbonyl (C=O) groups is 1. The van der Waals surface area contributed by atoms with E-state index in [0.717, 1.165) is 12.1 Å². The second-order valence-electron chi connectivity index (χ2n) is 7.13. The number of aromatic nitrogens is 4. The third-order valence-electron chi connectivity index (χ3n) is 5.05. The Kier molecular flexibility index (Phi) is 5.28. The van der Waals surface area contributed by atoms with Crippen LogP contribution in [-0.2, 0) is 13.5 Å². The molecule has 1 aromatic carbocycles. The van der Waals surface area contributed by atoms with E-state index in [1.807, 2.05) is 14.0 Å². The van der Waals surface area contributed by atoms with E-state index in [9.17, 15) is 9.18 Å². The molecular formula is C20H22FN5O3. The molecule has 29 heavy (non-hydrogen) atoms. The van der Waals surface area contributed by atoms with Crippen molar-refractivity contribution in [2.45, 2.75) is 25.7 Å². The zero-order valence-corrected chi connectivity index (χ0v) is 16.3. The number of benzene rings is 1. The van der Waals surface area contributed by atoms with Crippen molar-refractivity contribution >= 4 is 5.91 Å². The summed E-state index contributed by atoms with van der Waals surface area (Å²) < 4.78 is 25.6. The summed E-state index contributed by atoms with van der Waals surface area (Å²) in [5.41, 5.74) is 1.39. The zero-order chi connectivity index (χ0) is 20.4. The molecule has 1 atom stereocenters. The molecule has 9 heteroatoms. The van der Waals surface area contributed by atoms with E-state index < -0.39 is 0 Å². The van der Waals surface area contributed by atoms with Crippen LogP contribution in [0.15, 0.2) is 34.9 Å². The summed E-state index contributed by atoms with van der Waals surface area (Å²) in [6.07, 6.45) is 1.24. The quantitative estimate of drug-likeness (QED) is 0.633. The first-order valence-electron chi connectivity index (χ1n) is 9.50. The molecule has 0 bridgehead atoms. The molecule has 2 aromatic heterocycles. The fraction of sp³-hybridized carbons (Fsp3) is 0.400. The van der Waals surface area contributed by atoms with Gasteiger partial charge < -0.3 is 14.2 Å². The molecule has 1 aliphatic heterocycles. The maximum atomic E-state index is 12.9. The summed E-state index contributed by atoms with van der Waals surface area (Å²) in [5, 5.41) is 8.26. The predicted molar refractivity (Wildman–Crippen MR) is 101 cm³/mol. The number of hydrogen-bond acceptors (Lipinski definition) is 6. The van der Waals surface area contributed by atoms with Crippen LogP contribution in [-0.4, -0.2) is 50.4 Å². The second kappa shape index (κ2) is 8.02. The third-order valence-corrected chi connectivity index (χ3v) is 5.05. The smallest absolute Gasteiger partial charge is 0.274 e. The number of amides is 1. The topological polar surface area (TPSA) is 86.3 Å². The largest absolute Gasteiger partial charge is 0.493 e. The molecule has 0 saturated carbocycles. The van der Waals surface area contributed by atoms with Gasteiger partial charge in [0.25, 0.3) is 5.91 Å². The Hall–Kier alpha value is -3.23. The van der Waals surface area contributed by atoms with Gasteiger partial charge in [-0.3, -0.25) is 9.48 Å². The Morgan fingerprint density at radius 1 is 1.34 bits per heavy atom. The molecule has 1 aliphatic rings. The number of carbonyl (C=O) groups excluding carboxylic acids is 1. The van der Waals surface area contributed by atoms with E-state index in [4.69, 9.17) is 9.26 Å². The van der Waals surface area contributed by atoms with Gasteiger partial charge in [-0.15, -0.1) is 0 Å². The average Bonchev–Trinajstić information content (AvgIpc) is 3.44. The van der Waals surface area contributed by atoms with Crippen LogP contribution in [0.25, 0.3) is 0 Å². The van der Waals surface area contributed by atoms with Crippen LogP contribution in [0.2, 0.25) is 0 Å². The minimum Gasteiger partial charge on any atom is -0.493 e. The Morgan fingerprint density at radius 3 is 2.86 bits per heavy atom. The van der Waals surface area contributed by atoms with Crippen LogP contribution in [0.5, 0.6) is 5.75 Å². The number of hydrogen-bond donors (Lipinski definition) is 0. The molecule has 0 aliphatic carbocycles. The highest BCUT2D eigenvalue weighted by Gasteiger charge is 2.32. The molecule has 152 valence electrons. The van der Waals surface area contributed by atoms with Crippen molar-refractivity contribution in [3.8, 4) is 5.75 Å². The van der Waals surface area contributed by atoms with Gasteiger partial charge in [-0.1, -0.05) is 5.16 Å². The lowest BCUT2D eigenvalue weighted by atomic mass is 10.1. The second-order valence-corrected chi connectivity index (χ2v) is 7.13. The minimum absolute atomic E-state index is 0.0167. The molecule has 3 aromatic rings. The monoisotopic (exact) mass is 399 g/mol. The summed E-state index contributed by atoms with van der Waals surface area (Å²) in [4.78, 5) is 18.9. The Bertz CT molecular complexity index is 978. The van der Waals surface area contributed by atoms with Crippen molar-refractivity contribution in [3.05, 3.63) is 59.3 Å². The summed E-state index contributed by atoms with van der Waals surface area (Å²) in [6.45, 7) is 3.43. The zero-order valence-electron chi connectivity index (χ0n) is 16.3. The van der Waals surface area contributed by atoms with Gasteiger partial charge in [0, 0.05) is 32.3 Å². The lowest BCUT2D eigenvalue weighted by Gasteiger charge is -2.13. The predicted octanol–water partition coefficient (Wildman–Crippen LogP) is 2.50. The molecule has 3 heterocycles. The van der Waals surface area contributed by atoms with Crippen molar-refractivity contribution in [1.29, 1.82) is 0 Å². The van der Waals surface area contributed by atoms with Gasteiger partial charge >= 0.3 is 0 Å². The van der Waals surface area contributed by atoms with Gasteiger partial charge in [0.2, 0.25) is 5.89 Å². The van der Waals surface area contributed by atoms with Gasteiger partial charge in [0.05, 0.1) is 12.5 Å². The molecule has 8 nitrogen and oxygen atoms in total. The average molecular weight is 399 g/mol. The molecule has 0 spiro atoms. The number of rotatable bonds is 6. The van der Waals surface area contributed by atoms with E-state index >= 15 is 0 Å². The van der Waals surface area contributed by atoms with Gasteiger partial charge in [-0.25, -0.2) is 4.39 Å². The van der Waals surface area contributed by atoms with Crippen LogP contribution in [0.3, 0.4) is 0 Å². The van der Waals surface area contributed by atoms with E-state index in [1.54, 1.807) is 27.8 Å². The number of ether oxygens (including phenoxy) is 1. The van der Waals surface area contributed by atoms with E-state index in [2.05, 4.69) is 15.2 Å². The SMILES string of the molecule is Cc1cc(C(=O)N2CCC(c3nc(CCOc4ccc(F)cc4)no3)C2)nn1C. The third kappa shape index (κ3) is 4.28. The van der Waals surface area contributed by atoms with Gasteiger partial charge in [-0.05, 0) is 43.7 Å². The van der Waals surface area contributed by atoms with Crippen molar-refractivity contribution < 1.29 is 18.4 Å². The fourth-order valence-corrected chi connectivity index (χ4v) is 3.30. The molecule has 1 fully saturated rings. The van der Waals surface area contributed by atoms with E-state index in [1.165, 1.54) is 12.1 Å². The normalized spacial score (nSPS) is 16.4. The minimum atomic E-state index is -0.303. The lowest BCUT2D eigenvalue weighted by Crippen LogP contribution is -2.29. The maximum Gasteiger partial charge on any atom is 0.274 e. The van der Waals surface area contributed by atoms with Crippen LogP contribution in [0, 0.1) is 12.7 Å². The fourth-order valence-electron chi connectivity index (χ4n) is 3.30. The Balaban J connectivity index is 1.30. The van der Waals surface area contributed by atoms with Crippen LogP contribution < -0.4 is 4.74 Å². The number of halogens is 1. The first-order chi connectivity index (χ1) is 14.0. The van der Waals surface area contributed by atoms with Crippen molar-refractivity contribution in [3.63, 3.8) is 0 Å². The number of nitrogens with zero attached hydrogens (tertiary/aromatic N) is 5. The summed E-state index contributed by atoms with van der Waals surface area (Å²) in [5.74, 6) is 1.31. The number of aryl methyl sites for hydroxylation is 2. The van der Waals surface area contributed by atoms with Crippen molar-refractivity contribution in [2.75, 3.05) is 19.7 Å². The van der Waals surface area contributed by atoms with Crippen LogP contribution >= 0.6 is 0 Å².